The van der Waals surface area contributed by atoms with E-state index in [0.29, 0.717) is 10.7 Å². The fraction of sp³-hybridized carbons (Fsp3) is 0.200. The van der Waals surface area contributed by atoms with Gasteiger partial charge in [0.25, 0.3) is 5.91 Å². The van der Waals surface area contributed by atoms with Gasteiger partial charge in [-0.1, -0.05) is 36.7 Å². The molecule has 1 aromatic carbocycles. The van der Waals surface area contributed by atoms with Gasteiger partial charge in [-0.3, -0.25) is 9.59 Å². The zero-order chi connectivity index (χ0) is 15.2. The minimum atomic E-state index is -0.374. The third kappa shape index (κ3) is 4.10. The molecule has 110 valence electrons. The minimum absolute atomic E-state index is 0.104. The maximum absolute atomic E-state index is 11.9. The van der Waals surface area contributed by atoms with E-state index in [4.69, 9.17) is 11.6 Å². The van der Waals surface area contributed by atoms with Crippen molar-refractivity contribution < 1.29 is 9.59 Å². The van der Waals surface area contributed by atoms with Gasteiger partial charge in [-0.05, 0) is 24.1 Å². The SMILES string of the molecule is CCc1ccccc1NC(=O)CNC(=O)c1cc(Cl)c[nH]1. The molecule has 1 heterocycles. The molecule has 5 nitrogen and oxygen atoms in total. The van der Waals surface area contributed by atoms with E-state index in [9.17, 15) is 9.59 Å². The summed E-state index contributed by atoms with van der Waals surface area (Å²) in [6, 6.07) is 9.07. The van der Waals surface area contributed by atoms with Gasteiger partial charge in [-0.2, -0.15) is 0 Å². The van der Waals surface area contributed by atoms with Gasteiger partial charge >= 0.3 is 0 Å². The summed E-state index contributed by atoms with van der Waals surface area (Å²) in [5.74, 6) is -0.650. The summed E-state index contributed by atoms with van der Waals surface area (Å²) in [5, 5.41) is 5.76. The molecule has 2 rings (SSSR count). The van der Waals surface area contributed by atoms with Crippen LogP contribution in [0.25, 0.3) is 0 Å². The molecule has 0 saturated heterocycles. The van der Waals surface area contributed by atoms with E-state index in [2.05, 4.69) is 15.6 Å². The number of rotatable bonds is 5. The summed E-state index contributed by atoms with van der Waals surface area (Å²) < 4.78 is 0. The van der Waals surface area contributed by atoms with E-state index in [-0.39, 0.29) is 18.4 Å². The summed E-state index contributed by atoms with van der Waals surface area (Å²) in [4.78, 5) is 26.3. The zero-order valence-electron chi connectivity index (χ0n) is 11.6. The van der Waals surface area contributed by atoms with E-state index in [1.807, 2.05) is 31.2 Å². The molecule has 1 aromatic heterocycles. The predicted molar refractivity (Wildman–Crippen MR) is 82.6 cm³/mol. The van der Waals surface area contributed by atoms with Crippen LogP contribution in [0.5, 0.6) is 0 Å². The highest BCUT2D eigenvalue weighted by molar-refractivity contribution is 6.31. The number of hydrogen-bond donors (Lipinski definition) is 3. The lowest BCUT2D eigenvalue weighted by atomic mass is 10.1. The molecule has 6 heteroatoms. The van der Waals surface area contributed by atoms with Crippen molar-refractivity contribution in [3.05, 3.63) is 52.8 Å². The Kier molecular flexibility index (Phi) is 5.00. The van der Waals surface area contributed by atoms with Crippen LogP contribution in [0.3, 0.4) is 0 Å². The van der Waals surface area contributed by atoms with Crippen LogP contribution in [0.2, 0.25) is 5.02 Å². The monoisotopic (exact) mass is 305 g/mol. The van der Waals surface area contributed by atoms with Crippen molar-refractivity contribution in [3.8, 4) is 0 Å². The highest BCUT2D eigenvalue weighted by Gasteiger charge is 2.10. The van der Waals surface area contributed by atoms with Crippen molar-refractivity contribution >= 4 is 29.1 Å². The number of H-pyrrole nitrogens is 1. The Hall–Kier alpha value is -2.27. The lowest BCUT2D eigenvalue weighted by Crippen LogP contribution is -2.33. The van der Waals surface area contributed by atoms with Crippen LogP contribution in [0.1, 0.15) is 23.0 Å². The molecule has 21 heavy (non-hydrogen) atoms. The number of hydrogen-bond acceptors (Lipinski definition) is 2. The molecule has 2 amide bonds. The van der Waals surface area contributed by atoms with E-state index in [0.717, 1.165) is 17.7 Å². The maximum Gasteiger partial charge on any atom is 0.268 e. The fourth-order valence-corrected chi connectivity index (χ4v) is 2.06. The van der Waals surface area contributed by atoms with Crippen LogP contribution in [0.4, 0.5) is 5.69 Å². The molecule has 0 bridgehead atoms. The Balaban J connectivity index is 1.89. The normalized spacial score (nSPS) is 10.2. The van der Waals surface area contributed by atoms with Gasteiger partial charge < -0.3 is 15.6 Å². The molecular weight excluding hydrogens is 290 g/mol. The van der Waals surface area contributed by atoms with E-state index < -0.39 is 0 Å². The van der Waals surface area contributed by atoms with Crippen molar-refractivity contribution in [2.45, 2.75) is 13.3 Å². The second-order valence-electron chi connectivity index (χ2n) is 4.47. The third-order valence-electron chi connectivity index (χ3n) is 2.97. The van der Waals surface area contributed by atoms with Gasteiger partial charge in [0, 0.05) is 11.9 Å². The molecule has 0 radical (unpaired) electrons. The summed E-state index contributed by atoms with van der Waals surface area (Å²) in [6.45, 7) is 1.91. The van der Waals surface area contributed by atoms with Gasteiger partial charge in [0.1, 0.15) is 5.69 Å². The van der Waals surface area contributed by atoms with E-state index in [1.54, 1.807) is 0 Å². The number of nitrogens with one attached hydrogen (secondary N) is 3. The number of anilines is 1. The van der Waals surface area contributed by atoms with Crippen LogP contribution in [0.15, 0.2) is 36.5 Å². The average Bonchev–Trinajstić information content (AvgIpc) is 2.92. The largest absolute Gasteiger partial charge is 0.356 e. The van der Waals surface area contributed by atoms with E-state index >= 15 is 0 Å². The molecule has 0 atom stereocenters. The van der Waals surface area contributed by atoms with Gasteiger partial charge in [0.15, 0.2) is 0 Å². The fourth-order valence-electron chi connectivity index (χ4n) is 1.90. The number of aromatic amines is 1. The molecule has 0 aliphatic rings. The second-order valence-corrected chi connectivity index (χ2v) is 4.91. The zero-order valence-corrected chi connectivity index (χ0v) is 12.3. The van der Waals surface area contributed by atoms with Crippen molar-refractivity contribution in [1.29, 1.82) is 0 Å². The first-order valence-corrected chi connectivity index (χ1v) is 6.98. The van der Waals surface area contributed by atoms with Crippen molar-refractivity contribution in [2.75, 3.05) is 11.9 Å². The highest BCUT2D eigenvalue weighted by Crippen LogP contribution is 2.15. The summed E-state index contributed by atoms with van der Waals surface area (Å²) in [7, 11) is 0. The molecule has 2 aromatic rings. The molecule has 0 unspecified atom stereocenters. The Morgan fingerprint density at radius 2 is 2.05 bits per heavy atom. The quantitative estimate of drug-likeness (QED) is 0.794. The Bertz CT molecular complexity index is 652. The second kappa shape index (κ2) is 6.95. The highest BCUT2D eigenvalue weighted by atomic mass is 35.5. The maximum atomic E-state index is 11.9. The van der Waals surface area contributed by atoms with Crippen molar-refractivity contribution in [2.24, 2.45) is 0 Å². The standard InChI is InChI=1S/C15H16ClN3O2/c1-2-10-5-3-4-6-12(10)19-14(20)9-18-15(21)13-7-11(16)8-17-13/h3-8,17H,2,9H2,1H3,(H,18,21)(H,19,20). The number of aryl methyl sites for hydroxylation is 1. The number of benzene rings is 1. The number of aromatic nitrogens is 1. The topological polar surface area (TPSA) is 74.0 Å². The Morgan fingerprint density at radius 1 is 1.29 bits per heavy atom. The number of carbonyl (C=O) groups is 2. The molecule has 0 aliphatic carbocycles. The van der Waals surface area contributed by atoms with Crippen LogP contribution < -0.4 is 10.6 Å². The average molecular weight is 306 g/mol. The summed E-state index contributed by atoms with van der Waals surface area (Å²) in [6.07, 6.45) is 2.33. The van der Waals surface area contributed by atoms with Crippen LogP contribution in [-0.2, 0) is 11.2 Å². The van der Waals surface area contributed by atoms with E-state index in [1.165, 1.54) is 12.3 Å². The number of para-hydroxylation sites is 1. The number of carbonyl (C=O) groups excluding carboxylic acids is 2. The molecule has 0 saturated carbocycles. The van der Waals surface area contributed by atoms with Crippen molar-refractivity contribution in [3.63, 3.8) is 0 Å². The molecular formula is C15H16ClN3O2. The summed E-state index contributed by atoms with van der Waals surface area (Å²) >= 11 is 5.72. The first-order chi connectivity index (χ1) is 10.1. The predicted octanol–water partition coefficient (Wildman–Crippen LogP) is 2.60. The van der Waals surface area contributed by atoms with Gasteiger partial charge in [-0.25, -0.2) is 0 Å². The van der Waals surface area contributed by atoms with Crippen LogP contribution >= 0.6 is 11.6 Å². The van der Waals surface area contributed by atoms with Crippen LogP contribution in [0, 0.1) is 0 Å². The van der Waals surface area contributed by atoms with Gasteiger partial charge in [0.05, 0.1) is 11.6 Å². The summed E-state index contributed by atoms with van der Waals surface area (Å²) in [5.41, 5.74) is 2.14. The van der Waals surface area contributed by atoms with Gasteiger partial charge in [0.2, 0.25) is 5.91 Å². The van der Waals surface area contributed by atoms with Crippen LogP contribution in [-0.4, -0.2) is 23.3 Å². The molecule has 0 fully saturated rings. The smallest absolute Gasteiger partial charge is 0.268 e. The first kappa shape index (κ1) is 15.1. The molecule has 3 N–H and O–H groups in total. The lowest BCUT2D eigenvalue weighted by Gasteiger charge is -2.10. The van der Waals surface area contributed by atoms with Gasteiger partial charge in [-0.15, -0.1) is 0 Å². The lowest BCUT2D eigenvalue weighted by molar-refractivity contribution is -0.115. The molecule has 0 aliphatic heterocycles. The first-order valence-electron chi connectivity index (χ1n) is 6.60. The Labute approximate surface area is 127 Å². The number of amides is 2. The third-order valence-corrected chi connectivity index (χ3v) is 3.19. The van der Waals surface area contributed by atoms with Crippen molar-refractivity contribution in [1.82, 2.24) is 10.3 Å². The number of halogens is 1. The minimum Gasteiger partial charge on any atom is -0.356 e. The molecule has 0 spiro atoms. The Morgan fingerprint density at radius 3 is 2.71 bits per heavy atom.